The third-order valence-electron chi connectivity index (χ3n) is 9.35. The van der Waals surface area contributed by atoms with Crippen molar-refractivity contribution in [1.82, 2.24) is 9.47 Å². The Hall–Kier alpha value is -6.13. The lowest BCUT2D eigenvalue weighted by atomic mass is 9.95. The van der Waals surface area contributed by atoms with Gasteiger partial charge in [-0.2, -0.15) is 0 Å². The molecule has 6 aromatic carbocycles. The highest BCUT2D eigenvalue weighted by Gasteiger charge is 2.23. The van der Waals surface area contributed by atoms with Crippen molar-refractivity contribution in [3.63, 3.8) is 0 Å². The fourth-order valence-electron chi connectivity index (χ4n) is 7.34. The second-order valence-corrected chi connectivity index (χ2v) is 12.0. The van der Waals surface area contributed by atoms with Crippen LogP contribution in [-0.2, 0) is 0 Å². The molecule has 0 N–H and O–H groups in total. The second kappa shape index (κ2) is 10.7. The number of furan rings is 1. The van der Waals surface area contributed by atoms with Crippen molar-refractivity contribution in [3.05, 3.63) is 151 Å². The van der Waals surface area contributed by atoms with Crippen LogP contribution < -0.4 is 0 Å². The number of hydrogen-bond donors (Lipinski definition) is 0. The summed E-state index contributed by atoms with van der Waals surface area (Å²) >= 11 is 0. The van der Waals surface area contributed by atoms with Crippen LogP contribution >= 0.6 is 0 Å². The Bertz CT molecular complexity index is 2680. The molecule has 0 amide bonds. The highest BCUT2D eigenvalue weighted by Crippen LogP contribution is 2.46. The predicted octanol–water partition coefficient (Wildman–Crippen LogP) is 11.4. The molecule has 4 nitrogen and oxygen atoms in total. The quantitative estimate of drug-likeness (QED) is 0.144. The number of aromatic nitrogens is 1. The molecule has 0 unspecified atom stereocenters. The molecule has 0 atom stereocenters. The average Bonchev–Trinajstić information content (AvgIpc) is 3.69. The average molecular weight is 606 g/mol. The number of para-hydroxylation sites is 1. The van der Waals surface area contributed by atoms with Crippen molar-refractivity contribution in [3.8, 4) is 5.69 Å². The summed E-state index contributed by atoms with van der Waals surface area (Å²) in [5, 5.41) is 9.41. The van der Waals surface area contributed by atoms with Gasteiger partial charge in [-0.1, -0.05) is 103 Å². The lowest BCUT2D eigenvalue weighted by Crippen LogP contribution is -2.11. The standard InChI is InChI=1S/C43H31N3O/c1-3-13-29-26-36-40-33-16-7-5-14-31(33)32-15-6-8-17-34(32)42(40)47-43(36)41-39(29)35-18-9-10-19-38(35)46(41)30-22-20-28(21-23-30)37(44-2)27-45-24-11-4-12-25-45/h3-24,26-27H,2,25H2,1H3/b13-3+,37-27-. The van der Waals surface area contributed by atoms with Crippen LogP contribution in [0.2, 0.25) is 0 Å². The Morgan fingerprint density at radius 3 is 2.17 bits per heavy atom. The number of rotatable bonds is 5. The summed E-state index contributed by atoms with van der Waals surface area (Å²) in [6.45, 7) is 6.76. The SMILES string of the molecule is C=N/C(=C\N1C=CC=CC1)c1ccc(-n2c3ccccc3c3c(/C=C/C)cc4c(oc5c6ccccc6c6ccccc6c45)c32)cc1. The van der Waals surface area contributed by atoms with Gasteiger partial charge in [-0.05, 0) is 65.7 Å². The van der Waals surface area contributed by atoms with E-state index in [0.717, 1.165) is 61.9 Å². The lowest BCUT2D eigenvalue weighted by molar-refractivity contribution is 0.561. The first-order chi connectivity index (χ1) is 23.2. The van der Waals surface area contributed by atoms with Gasteiger partial charge >= 0.3 is 0 Å². The minimum absolute atomic E-state index is 0.807. The van der Waals surface area contributed by atoms with Gasteiger partial charge in [-0.15, -0.1) is 0 Å². The van der Waals surface area contributed by atoms with Crippen molar-refractivity contribution < 1.29 is 4.42 Å². The Labute approximate surface area is 272 Å². The van der Waals surface area contributed by atoms with E-state index in [1.54, 1.807) is 0 Å². The Balaban J connectivity index is 1.38. The molecular formula is C43H31N3O. The zero-order valence-electron chi connectivity index (χ0n) is 26.0. The normalized spacial score (nSPS) is 13.9. The second-order valence-electron chi connectivity index (χ2n) is 12.0. The number of aliphatic imine (C=N–C) groups is 1. The zero-order valence-corrected chi connectivity index (χ0v) is 26.0. The van der Waals surface area contributed by atoms with E-state index in [4.69, 9.17) is 4.42 Å². The van der Waals surface area contributed by atoms with Crippen LogP contribution in [0.15, 0.2) is 149 Å². The van der Waals surface area contributed by atoms with Gasteiger partial charge in [0.25, 0.3) is 0 Å². The smallest absolute Gasteiger partial charge is 0.160 e. The van der Waals surface area contributed by atoms with Gasteiger partial charge in [-0.25, -0.2) is 0 Å². The predicted molar refractivity (Wildman–Crippen MR) is 200 cm³/mol. The number of nitrogens with zero attached hydrogens (tertiary/aromatic N) is 3. The molecule has 1 aliphatic heterocycles. The zero-order chi connectivity index (χ0) is 31.5. The first kappa shape index (κ1) is 27.2. The van der Waals surface area contributed by atoms with Gasteiger partial charge in [0.05, 0.1) is 16.7 Å². The summed E-state index contributed by atoms with van der Waals surface area (Å²) < 4.78 is 9.44. The third kappa shape index (κ3) is 4.12. The Morgan fingerprint density at radius 2 is 1.45 bits per heavy atom. The Morgan fingerprint density at radius 1 is 0.745 bits per heavy atom. The molecule has 8 aromatic rings. The molecule has 0 saturated heterocycles. The molecule has 0 spiro atoms. The summed E-state index contributed by atoms with van der Waals surface area (Å²) in [4.78, 5) is 6.48. The molecule has 3 heterocycles. The van der Waals surface area contributed by atoms with Crippen LogP contribution in [0.4, 0.5) is 0 Å². The van der Waals surface area contributed by atoms with E-state index in [1.165, 1.54) is 32.5 Å². The number of fused-ring (bicyclic) bond motifs is 12. The van der Waals surface area contributed by atoms with Crippen LogP contribution in [0, 0.1) is 0 Å². The topological polar surface area (TPSA) is 33.7 Å². The van der Waals surface area contributed by atoms with Gasteiger partial charge in [-0.3, -0.25) is 4.99 Å². The molecular weight excluding hydrogens is 574 g/mol. The fourth-order valence-corrected chi connectivity index (χ4v) is 7.34. The van der Waals surface area contributed by atoms with Gasteiger partial charge in [0.2, 0.25) is 0 Å². The van der Waals surface area contributed by atoms with E-state index in [-0.39, 0.29) is 0 Å². The molecule has 47 heavy (non-hydrogen) atoms. The summed E-state index contributed by atoms with van der Waals surface area (Å²) in [6.07, 6.45) is 14.6. The molecule has 224 valence electrons. The molecule has 0 fully saturated rings. The fraction of sp³-hybridized carbons (Fsp3) is 0.0465. The highest BCUT2D eigenvalue weighted by molar-refractivity contribution is 6.33. The largest absolute Gasteiger partial charge is 0.453 e. The first-order valence-electron chi connectivity index (χ1n) is 16.0. The summed E-state index contributed by atoms with van der Waals surface area (Å²) in [6, 6.07) is 36.9. The molecule has 1 aliphatic rings. The molecule has 0 radical (unpaired) electrons. The van der Waals surface area contributed by atoms with Crippen molar-refractivity contribution in [2.75, 3.05) is 6.54 Å². The summed E-state index contributed by atoms with van der Waals surface area (Å²) in [5.41, 5.74) is 8.08. The van der Waals surface area contributed by atoms with Gasteiger partial charge in [0.15, 0.2) is 5.58 Å². The van der Waals surface area contributed by atoms with E-state index in [0.29, 0.717) is 0 Å². The number of benzene rings is 6. The molecule has 0 bridgehead atoms. The third-order valence-corrected chi connectivity index (χ3v) is 9.35. The number of hydrogen-bond acceptors (Lipinski definition) is 3. The van der Waals surface area contributed by atoms with E-state index in [9.17, 15) is 0 Å². The number of allylic oxidation sites excluding steroid dienone is 3. The summed E-state index contributed by atoms with van der Waals surface area (Å²) in [5.74, 6) is 0. The van der Waals surface area contributed by atoms with Gasteiger partial charge in [0.1, 0.15) is 5.58 Å². The van der Waals surface area contributed by atoms with E-state index in [1.807, 2.05) is 18.5 Å². The van der Waals surface area contributed by atoms with Crippen molar-refractivity contribution in [2.24, 2.45) is 4.99 Å². The van der Waals surface area contributed by atoms with Crippen molar-refractivity contribution in [1.29, 1.82) is 0 Å². The molecule has 0 saturated carbocycles. The van der Waals surface area contributed by atoms with Crippen molar-refractivity contribution >= 4 is 83.8 Å². The summed E-state index contributed by atoms with van der Waals surface area (Å²) in [7, 11) is 0. The van der Waals surface area contributed by atoms with Crippen LogP contribution in [0.1, 0.15) is 18.1 Å². The maximum absolute atomic E-state index is 7.08. The lowest BCUT2D eigenvalue weighted by Gasteiger charge is -2.17. The van der Waals surface area contributed by atoms with Gasteiger partial charge in [0, 0.05) is 57.1 Å². The molecule has 4 heteroatoms. The van der Waals surface area contributed by atoms with Crippen LogP contribution in [0.25, 0.3) is 82.7 Å². The maximum atomic E-state index is 7.08. The minimum atomic E-state index is 0.807. The molecule has 0 aliphatic carbocycles. The Kier molecular flexibility index (Phi) is 6.22. The van der Waals surface area contributed by atoms with E-state index in [2.05, 4.69) is 156 Å². The molecule has 9 rings (SSSR count). The van der Waals surface area contributed by atoms with Crippen LogP contribution in [0.3, 0.4) is 0 Å². The van der Waals surface area contributed by atoms with E-state index >= 15 is 0 Å². The van der Waals surface area contributed by atoms with Gasteiger partial charge < -0.3 is 13.9 Å². The minimum Gasteiger partial charge on any atom is -0.453 e. The monoisotopic (exact) mass is 605 g/mol. The molecule has 2 aromatic heterocycles. The van der Waals surface area contributed by atoms with Crippen LogP contribution in [-0.4, -0.2) is 22.7 Å². The maximum Gasteiger partial charge on any atom is 0.160 e. The van der Waals surface area contributed by atoms with E-state index < -0.39 is 0 Å². The van der Waals surface area contributed by atoms with Crippen molar-refractivity contribution in [2.45, 2.75) is 6.92 Å². The highest BCUT2D eigenvalue weighted by atomic mass is 16.3. The first-order valence-corrected chi connectivity index (χ1v) is 16.0. The van der Waals surface area contributed by atoms with Crippen LogP contribution in [0.5, 0.6) is 0 Å².